The average Bonchev–Trinajstić information content (AvgIpc) is 2.47. The van der Waals surface area contributed by atoms with E-state index in [1.54, 1.807) is 0 Å². The molecule has 0 radical (unpaired) electrons. The molecule has 2 N–H and O–H groups in total. The fraction of sp³-hybridized carbons (Fsp3) is 0.471. The van der Waals surface area contributed by atoms with Gasteiger partial charge in [0.1, 0.15) is 0 Å². The minimum absolute atomic E-state index is 0.128. The zero-order chi connectivity index (χ0) is 13.7. The molecule has 0 amide bonds. The molecule has 2 atom stereocenters. The first-order valence-corrected chi connectivity index (χ1v) is 7.36. The van der Waals surface area contributed by atoms with Crippen molar-refractivity contribution in [2.24, 2.45) is 11.7 Å². The van der Waals surface area contributed by atoms with Gasteiger partial charge in [-0.1, -0.05) is 51.3 Å². The predicted molar refractivity (Wildman–Crippen MR) is 82.0 cm³/mol. The summed E-state index contributed by atoms with van der Waals surface area (Å²) in [7, 11) is 0. The first-order valence-electron chi connectivity index (χ1n) is 7.36. The first kappa shape index (κ1) is 14.0. The van der Waals surface area contributed by atoms with E-state index in [0.717, 1.165) is 11.9 Å². The van der Waals surface area contributed by atoms with Gasteiger partial charge in [0, 0.05) is 17.6 Å². The Balaban J connectivity index is 2.21. The molecule has 2 rings (SSSR count). The van der Waals surface area contributed by atoms with Gasteiger partial charge in [-0.2, -0.15) is 0 Å². The molecule has 0 aliphatic rings. The third-order valence-electron chi connectivity index (χ3n) is 3.98. The molecule has 0 aliphatic heterocycles. The van der Waals surface area contributed by atoms with E-state index < -0.39 is 0 Å². The number of benzene rings is 1. The van der Waals surface area contributed by atoms with Crippen molar-refractivity contribution in [1.82, 2.24) is 4.98 Å². The van der Waals surface area contributed by atoms with Gasteiger partial charge in [0.15, 0.2) is 0 Å². The molecule has 0 saturated heterocycles. The van der Waals surface area contributed by atoms with Crippen LogP contribution in [0.4, 0.5) is 0 Å². The zero-order valence-electron chi connectivity index (χ0n) is 12.0. The molecule has 0 bridgehead atoms. The topological polar surface area (TPSA) is 38.9 Å². The second-order valence-corrected chi connectivity index (χ2v) is 5.29. The lowest BCUT2D eigenvalue weighted by atomic mass is 9.87. The summed E-state index contributed by atoms with van der Waals surface area (Å²) in [5, 5.41) is 1.18. The van der Waals surface area contributed by atoms with E-state index in [9.17, 15) is 0 Å². The van der Waals surface area contributed by atoms with Gasteiger partial charge in [-0.15, -0.1) is 0 Å². The van der Waals surface area contributed by atoms with Gasteiger partial charge in [0.2, 0.25) is 0 Å². The van der Waals surface area contributed by atoms with Crippen LogP contribution in [0.2, 0.25) is 0 Å². The van der Waals surface area contributed by atoms with E-state index in [4.69, 9.17) is 5.73 Å². The second-order valence-electron chi connectivity index (χ2n) is 5.29. The van der Waals surface area contributed by atoms with E-state index in [2.05, 4.69) is 43.1 Å². The Morgan fingerprint density at radius 2 is 2.05 bits per heavy atom. The molecule has 0 fully saturated rings. The monoisotopic (exact) mass is 256 g/mol. The number of hydrogen-bond acceptors (Lipinski definition) is 2. The number of nitrogens with zero attached hydrogens (tertiary/aromatic N) is 1. The predicted octanol–water partition coefficient (Wildman–Crippen LogP) is 4.45. The lowest BCUT2D eigenvalue weighted by Gasteiger charge is -2.23. The standard InChI is InChI=1S/C17H24N2/c1-3-5-7-13(4-2)17(18)15-10-9-14-8-6-11-19-16(14)12-15/h6,8-13,17H,3-5,7,18H2,1-2H3. The highest BCUT2D eigenvalue weighted by Crippen LogP contribution is 2.28. The molecule has 102 valence electrons. The van der Waals surface area contributed by atoms with Crippen LogP contribution in [0, 0.1) is 5.92 Å². The van der Waals surface area contributed by atoms with Crippen LogP contribution in [-0.4, -0.2) is 4.98 Å². The minimum Gasteiger partial charge on any atom is -0.324 e. The van der Waals surface area contributed by atoms with Crippen LogP contribution in [0.25, 0.3) is 10.9 Å². The van der Waals surface area contributed by atoms with Gasteiger partial charge >= 0.3 is 0 Å². The molecule has 2 heteroatoms. The van der Waals surface area contributed by atoms with Gasteiger partial charge < -0.3 is 5.73 Å². The number of aromatic nitrogens is 1. The minimum atomic E-state index is 0.128. The molecule has 19 heavy (non-hydrogen) atoms. The summed E-state index contributed by atoms with van der Waals surface area (Å²) in [4.78, 5) is 4.42. The summed E-state index contributed by atoms with van der Waals surface area (Å²) in [5.41, 5.74) is 8.71. The highest BCUT2D eigenvalue weighted by Gasteiger charge is 2.17. The molecule has 0 spiro atoms. The highest BCUT2D eigenvalue weighted by atomic mass is 14.7. The lowest BCUT2D eigenvalue weighted by Crippen LogP contribution is -2.21. The summed E-state index contributed by atoms with van der Waals surface area (Å²) in [6.45, 7) is 4.47. The number of unbranched alkanes of at least 4 members (excludes halogenated alkanes) is 1. The Hall–Kier alpha value is -1.41. The number of fused-ring (bicyclic) bond motifs is 1. The fourth-order valence-corrected chi connectivity index (χ4v) is 2.67. The van der Waals surface area contributed by atoms with Crippen LogP contribution < -0.4 is 5.73 Å². The van der Waals surface area contributed by atoms with Crippen molar-refractivity contribution < 1.29 is 0 Å². The van der Waals surface area contributed by atoms with Crippen molar-refractivity contribution in [2.75, 3.05) is 0 Å². The normalized spacial score (nSPS) is 14.5. The fourth-order valence-electron chi connectivity index (χ4n) is 2.67. The molecule has 1 heterocycles. The number of nitrogens with two attached hydrogens (primary N) is 1. The third kappa shape index (κ3) is 3.32. The van der Waals surface area contributed by atoms with Crippen molar-refractivity contribution in [3.63, 3.8) is 0 Å². The van der Waals surface area contributed by atoms with Gasteiger partial charge in [-0.05, 0) is 30.0 Å². The Labute approximate surface area is 116 Å². The van der Waals surface area contributed by atoms with Crippen LogP contribution in [0.15, 0.2) is 36.5 Å². The van der Waals surface area contributed by atoms with Crippen molar-refractivity contribution in [3.8, 4) is 0 Å². The summed E-state index contributed by atoms with van der Waals surface area (Å²) in [5.74, 6) is 0.570. The van der Waals surface area contributed by atoms with Crippen LogP contribution in [0.3, 0.4) is 0 Å². The number of pyridine rings is 1. The average molecular weight is 256 g/mol. The lowest BCUT2D eigenvalue weighted by molar-refractivity contribution is 0.378. The first-order chi connectivity index (χ1) is 9.26. The SMILES string of the molecule is CCCCC(CC)C(N)c1ccc2cccnc2c1. The molecule has 0 saturated carbocycles. The molecule has 1 aromatic heterocycles. The summed E-state index contributed by atoms with van der Waals surface area (Å²) >= 11 is 0. The maximum Gasteiger partial charge on any atom is 0.0705 e. The summed E-state index contributed by atoms with van der Waals surface area (Å²) in [6, 6.07) is 10.6. The molecular formula is C17H24N2. The van der Waals surface area contributed by atoms with Crippen molar-refractivity contribution in [3.05, 3.63) is 42.1 Å². The smallest absolute Gasteiger partial charge is 0.0705 e. The van der Waals surface area contributed by atoms with Crippen molar-refractivity contribution in [1.29, 1.82) is 0 Å². The second kappa shape index (κ2) is 6.67. The molecular weight excluding hydrogens is 232 g/mol. The molecule has 2 nitrogen and oxygen atoms in total. The number of hydrogen-bond donors (Lipinski definition) is 1. The van der Waals surface area contributed by atoms with E-state index in [1.807, 2.05) is 12.3 Å². The quantitative estimate of drug-likeness (QED) is 0.829. The van der Waals surface area contributed by atoms with Gasteiger partial charge in [0.05, 0.1) is 5.52 Å². The third-order valence-corrected chi connectivity index (χ3v) is 3.98. The van der Waals surface area contributed by atoms with Crippen LogP contribution in [0.1, 0.15) is 51.1 Å². The van der Waals surface area contributed by atoms with E-state index >= 15 is 0 Å². The van der Waals surface area contributed by atoms with Crippen LogP contribution in [-0.2, 0) is 0 Å². The van der Waals surface area contributed by atoms with Crippen LogP contribution in [0.5, 0.6) is 0 Å². The zero-order valence-corrected chi connectivity index (χ0v) is 12.0. The van der Waals surface area contributed by atoms with Gasteiger partial charge in [-0.25, -0.2) is 0 Å². The van der Waals surface area contributed by atoms with Crippen molar-refractivity contribution >= 4 is 10.9 Å². The molecule has 1 aromatic carbocycles. The highest BCUT2D eigenvalue weighted by molar-refractivity contribution is 5.78. The van der Waals surface area contributed by atoms with Gasteiger partial charge in [0.25, 0.3) is 0 Å². The maximum absolute atomic E-state index is 6.45. The van der Waals surface area contributed by atoms with Crippen LogP contribution >= 0.6 is 0 Å². The Bertz CT molecular complexity index is 521. The number of rotatable bonds is 6. The molecule has 2 aromatic rings. The van der Waals surface area contributed by atoms with Gasteiger partial charge in [-0.3, -0.25) is 4.98 Å². The largest absolute Gasteiger partial charge is 0.324 e. The van der Waals surface area contributed by atoms with E-state index in [1.165, 1.54) is 30.2 Å². The Morgan fingerprint density at radius 3 is 2.79 bits per heavy atom. The van der Waals surface area contributed by atoms with E-state index in [0.29, 0.717) is 5.92 Å². The Morgan fingerprint density at radius 1 is 1.21 bits per heavy atom. The maximum atomic E-state index is 6.45. The summed E-state index contributed by atoms with van der Waals surface area (Å²) in [6.07, 6.45) is 6.70. The molecule has 2 unspecified atom stereocenters. The molecule has 0 aliphatic carbocycles. The summed E-state index contributed by atoms with van der Waals surface area (Å²) < 4.78 is 0. The van der Waals surface area contributed by atoms with E-state index in [-0.39, 0.29) is 6.04 Å². The Kier molecular flexibility index (Phi) is 4.92. The van der Waals surface area contributed by atoms with Crippen molar-refractivity contribution in [2.45, 2.75) is 45.6 Å².